The van der Waals surface area contributed by atoms with Crippen LogP contribution in [0.3, 0.4) is 0 Å². The van der Waals surface area contributed by atoms with Crippen LogP contribution in [-0.2, 0) is 16.8 Å². The first-order chi connectivity index (χ1) is 14.6. The van der Waals surface area contributed by atoms with Crippen LogP contribution in [0.15, 0.2) is 60.8 Å². The Balaban J connectivity index is 1.27. The molecule has 5 rings (SSSR count). The van der Waals surface area contributed by atoms with E-state index in [1.54, 1.807) is 6.20 Å². The first-order valence-electron chi connectivity index (χ1n) is 10.5. The summed E-state index contributed by atoms with van der Waals surface area (Å²) in [6.45, 7) is 3.85. The fourth-order valence-electron chi connectivity index (χ4n) is 3.96. The molecular formula is C25H26N2O3. The molecule has 1 aliphatic heterocycles. The normalized spacial score (nSPS) is 18.5. The summed E-state index contributed by atoms with van der Waals surface area (Å²) in [6.07, 6.45) is 3.23. The molecule has 1 unspecified atom stereocenters. The topological polar surface area (TPSA) is 64.5 Å². The van der Waals surface area contributed by atoms with Gasteiger partial charge in [-0.3, -0.25) is 0 Å². The number of rotatable bonds is 7. The van der Waals surface area contributed by atoms with Crippen LogP contribution in [-0.4, -0.2) is 28.3 Å². The Kier molecular flexibility index (Phi) is 5.01. The smallest absolute Gasteiger partial charge is 0.157 e. The maximum absolute atomic E-state index is 10.2. The number of nitrogens with zero attached hydrogens (tertiary/aromatic N) is 2. The van der Waals surface area contributed by atoms with Crippen molar-refractivity contribution in [1.29, 1.82) is 0 Å². The van der Waals surface area contributed by atoms with Crippen LogP contribution in [0.2, 0.25) is 0 Å². The van der Waals surface area contributed by atoms with Gasteiger partial charge in [0.05, 0.1) is 24.3 Å². The van der Waals surface area contributed by atoms with Crippen molar-refractivity contribution in [2.24, 2.45) is 5.92 Å². The van der Waals surface area contributed by atoms with E-state index >= 15 is 0 Å². The van der Waals surface area contributed by atoms with Crippen LogP contribution in [0.1, 0.15) is 47.2 Å². The number of aliphatic hydroxyl groups is 1. The van der Waals surface area contributed by atoms with Gasteiger partial charge in [0.15, 0.2) is 5.82 Å². The number of hydrogen-bond acceptors (Lipinski definition) is 5. The maximum Gasteiger partial charge on any atom is 0.157 e. The predicted octanol–water partition coefficient (Wildman–Crippen LogP) is 4.12. The Morgan fingerprint density at radius 2 is 1.70 bits per heavy atom. The molecule has 0 radical (unpaired) electrons. The molecule has 2 aromatic carbocycles. The van der Waals surface area contributed by atoms with E-state index < -0.39 is 6.10 Å². The van der Waals surface area contributed by atoms with E-state index in [0.29, 0.717) is 31.6 Å². The van der Waals surface area contributed by atoms with Gasteiger partial charge < -0.3 is 14.6 Å². The molecule has 5 heteroatoms. The Hall–Kier alpha value is -2.76. The molecule has 0 spiro atoms. The quantitative estimate of drug-likeness (QED) is 0.644. The van der Waals surface area contributed by atoms with Gasteiger partial charge in [-0.2, -0.15) is 0 Å². The highest BCUT2D eigenvalue weighted by Gasteiger charge is 2.42. The van der Waals surface area contributed by atoms with Crippen molar-refractivity contribution >= 4 is 0 Å². The molecule has 2 heterocycles. The minimum Gasteiger partial charge on any atom is -0.487 e. The van der Waals surface area contributed by atoms with Gasteiger partial charge in [-0.1, -0.05) is 42.0 Å². The Morgan fingerprint density at radius 3 is 2.30 bits per heavy atom. The molecule has 2 fully saturated rings. The monoisotopic (exact) mass is 402 g/mol. The highest BCUT2D eigenvalue weighted by Crippen LogP contribution is 2.40. The predicted molar refractivity (Wildman–Crippen MR) is 113 cm³/mol. The van der Waals surface area contributed by atoms with Gasteiger partial charge in [0.2, 0.25) is 0 Å². The van der Waals surface area contributed by atoms with Crippen LogP contribution in [0.5, 0.6) is 5.75 Å². The van der Waals surface area contributed by atoms with Crippen molar-refractivity contribution in [2.75, 3.05) is 13.2 Å². The van der Waals surface area contributed by atoms with E-state index in [4.69, 9.17) is 9.47 Å². The van der Waals surface area contributed by atoms with Gasteiger partial charge in [-0.25, -0.2) is 9.97 Å². The molecule has 0 bridgehead atoms. The lowest BCUT2D eigenvalue weighted by Crippen LogP contribution is -2.47. The average Bonchev–Trinajstić information content (AvgIpc) is 3.59. The van der Waals surface area contributed by atoms with Gasteiger partial charge >= 0.3 is 0 Å². The lowest BCUT2D eigenvalue weighted by Gasteiger charge is -2.42. The molecule has 0 amide bonds. The van der Waals surface area contributed by atoms with E-state index in [9.17, 15) is 5.11 Å². The Labute approximate surface area is 176 Å². The maximum atomic E-state index is 10.2. The molecule has 1 aliphatic carbocycles. The van der Waals surface area contributed by atoms with Crippen LogP contribution in [0.4, 0.5) is 0 Å². The third-order valence-electron chi connectivity index (χ3n) is 6.16. The second-order valence-corrected chi connectivity index (χ2v) is 8.44. The molecule has 30 heavy (non-hydrogen) atoms. The number of benzene rings is 2. The molecule has 5 nitrogen and oxygen atoms in total. The van der Waals surface area contributed by atoms with Crippen molar-refractivity contribution in [3.8, 4) is 5.75 Å². The van der Waals surface area contributed by atoms with Gasteiger partial charge in [-0.05, 0) is 55.0 Å². The molecule has 3 aromatic rings. The molecule has 154 valence electrons. The molecular weight excluding hydrogens is 376 g/mol. The zero-order valence-corrected chi connectivity index (χ0v) is 17.1. The minimum absolute atomic E-state index is 0.0767. The summed E-state index contributed by atoms with van der Waals surface area (Å²) >= 11 is 0. The zero-order chi connectivity index (χ0) is 20.6. The lowest BCUT2D eigenvalue weighted by atomic mass is 9.73. The van der Waals surface area contributed by atoms with Crippen molar-refractivity contribution in [3.05, 3.63) is 89.0 Å². The third kappa shape index (κ3) is 3.71. The number of hydrogen-bond donors (Lipinski definition) is 1. The van der Waals surface area contributed by atoms with Crippen LogP contribution < -0.4 is 4.74 Å². The second-order valence-electron chi connectivity index (χ2n) is 8.44. The summed E-state index contributed by atoms with van der Waals surface area (Å²) in [7, 11) is 0. The van der Waals surface area contributed by atoms with Crippen LogP contribution in [0.25, 0.3) is 0 Å². The van der Waals surface area contributed by atoms with Crippen molar-refractivity contribution in [3.63, 3.8) is 0 Å². The molecule has 1 saturated carbocycles. The number of aromatic nitrogens is 2. The average molecular weight is 402 g/mol. The van der Waals surface area contributed by atoms with E-state index in [-0.39, 0.29) is 5.41 Å². The summed E-state index contributed by atoms with van der Waals surface area (Å²) in [5.74, 6) is 1.60. The number of ether oxygens (including phenoxy) is 2. The molecule has 1 N–H and O–H groups in total. The highest BCUT2D eigenvalue weighted by molar-refractivity contribution is 5.44. The SMILES string of the molecule is Cc1ccc(C2(c3ccc(OCc4ccnc(C(O)C5CC5)n4)cc3)COC2)cc1. The van der Waals surface area contributed by atoms with Crippen LogP contribution >= 0.6 is 0 Å². The zero-order valence-electron chi connectivity index (χ0n) is 17.1. The van der Waals surface area contributed by atoms with Gasteiger partial charge in [0, 0.05) is 6.20 Å². The summed E-state index contributed by atoms with van der Waals surface area (Å²) in [5, 5.41) is 10.2. The first-order valence-corrected chi connectivity index (χ1v) is 10.5. The molecule has 1 aromatic heterocycles. The first kappa shape index (κ1) is 19.2. The Bertz CT molecular complexity index is 1010. The van der Waals surface area contributed by atoms with E-state index in [1.165, 1.54) is 16.7 Å². The fourth-order valence-corrected chi connectivity index (χ4v) is 3.96. The largest absolute Gasteiger partial charge is 0.487 e. The van der Waals surface area contributed by atoms with Gasteiger partial charge in [0.1, 0.15) is 18.5 Å². The van der Waals surface area contributed by atoms with Crippen molar-refractivity contribution < 1.29 is 14.6 Å². The summed E-state index contributed by atoms with van der Waals surface area (Å²) < 4.78 is 11.5. The van der Waals surface area contributed by atoms with Crippen LogP contribution in [0, 0.1) is 12.8 Å². The Morgan fingerprint density at radius 1 is 1.03 bits per heavy atom. The molecule has 2 aliphatic rings. The summed E-state index contributed by atoms with van der Waals surface area (Å²) in [5.41, 5.74) is 4.48. The van der Waals surface area contributed by atoms with Gasteiger partial charge in [0.25, 0.3) is 0 Å². The standard InChI is InChI=1S/C25H26N2O3/c1-17-2-6-19(7-3-17)25(15-29-16-25)20-8-10-22(11-9-20)30-14-21-12-13-26-24(27-21)23(28)18-4-5-18/h2-3,6-13,18,23,28H,4-5,14-16H2,1H3. The summed E-state index contributed by atoms with van der Waals surface area (Å²) in [4.78, 5) is 8.69. The van der Waals surface area contributed by atoms with Crippen molar-refractivity contribution in [1.82, 2.24) is 9.97 Å². The van der Waals surface area contributed by atoms with E-state index in [1.807, 2.05) is 18.2 Å². The van der Waals surface area contributed by atoms with Gasteiger partial charge in [-0.15, -0.1) is 0 Å². The third-order valence-corrected chi connectivity index (χ3v) is 6.16. The summed E-state index contributed by atoms with van der Waals surface area (Å²) in [6, 6.07) is 18.8. The van der Waals surface area contributed by atoms with E-state index in [2.05, 4.69) is 53.3 Å². The lowest BCUT2D eigenvalue weighted by molar-refractivity contribution is -0.0380. The molecule has 1 atom stereocenters. The van der Waals surface area contributed by atoms with E-state index in [0.717, 1.165) is 24.3 Å². The molecule has 1 saturated heterocycles. The number of aryl methyl sites for hydroxylation is 1. The highest BCUT2D eigenvalue weighted by atomic mass is 16.5. The second kappa shape index (κ2) is 7.82. The number of aliphatic hydroxyl groups excluding tert-OH is 1. The van der Waals surface area contributed by atoms with Crippen molar-refractivity contribution in [2.45, 2.75) is 37.9 Å². The minimum atomic E-state index is -0.563. The fraction of sp³-hybridized carbons (Fsp3) is 0.360.